The van der Waals surface area contributed by atoms with Crippen molar-refractivity contribution in [3.05, 3.63) is 118 Å². The van der Waals surface area contributed by atoms with Gasteiger partial charge in [0, 0.05) is 22.5 Å². The highest BCUT2D eigenvalue weighted by molar-refractivity contribution is 6.14. The van der Waals surface area contributed by atoms with E-state index in [1.54, 1.807) is 53.1 Å². The Morgan fingerprint density at radius 3 is 2.08 bits per heavy atom. The number of para-hydroxylation sites is 1. The summed E-state index contributed by atoms with van der Waals surface area (Å²) in [6, 6.07) is 26.4. The van der Waals surface area contributed by atoms with E-state index in [0.717, 1.165) is 16.9 Å². The van der Waals surface area contributed by atoms with Gasteiger partial charge in [0.2, 0.25) is 0 Å². The lowest BCUT2D eigenvalue weighted by Crippen LogP contribution is -2.23. The van der Waals surface area contributed by atoms with Gasteiger partial charge in [-0.1, -0.05) is 66.7 Å². The lowest BCUT2D eigenvalue weighted by molar-refractivity contribution is -0.119. The van der Waals surface area contributed by atoms with Crippen LogP contribution in [0.1, 0.15) is 43.1 Å². The maximum Gasteiger partial charge on any atom is 0.339 e. The van der Waals surface area contributed by atoms with Crippen LogP contribution in [0, 0.1) is 25.2 Å². The van der Waals surface area contributed by atoms with E-state index in [4.69, 9.17) is 4.74 Å². The van der Waals surface area contributed by atoms with Crippen LogP contribution in [0.15, 0.2) is 84.9 Å². The van der Waals surface area contributed by atoms with E-state index in [2.05, 4.69) is 11.4 Å². The fourth-order valence-electron chi connectivity index (χ4n) is 3.94. The van der Waals surface area contributed by atoms with Gasteiger partial charge in [-0.3, -0.25) is 14.2 Å². The van der Waals surface area contributed by atoms with Gasteiger partial charge in [-0.15, -0.1) is 0 Å². The number of benzene rings is 3. The Labute approximate surface area is 208 Å². The number of nitrogens with zero attached hydrogens (tertiary/aromatic N) is 2. The maximum atomic E-state index is 12.9. The summed E-state index contributed by atoms with van der Waals surface area (Å²) in [6.45, 7) is 3.08. The summed E-state index contributed by atoms with van der Waals surface area (Å²) >= 11 is 0. The zero-order chi connectivity index (χ0) is 25.7. The molecule has 0 saturated heterocycles. The zero-order valence-corrected chi connectivity index (χ0v) is 19.8. The molecule has 0 unspecified atom stereocenters. The van der Waals surface area contributed by atoms with Gasteiger partial charge in [0.25, 0.3) is 5.91 Å². The Bertz CT molecular complexity index is 1480. The van der Waals surface area contributed by atoms with Crippen molar-refractivity contribution < 1.29 is 19.1 Å². The number of nitriles is 1. The molecule has 0 aliphatic rings. The largest absolute Gasteiger partial charge is 0.452 e. The number of anilines is 1. The highest BCUT2D eigenvalue weighted by Crippen LogP contribution is 2.30. The number of ether oxygens (including phenoxy) is 1. The first kappa shape index (κ1) is 24.2. The van der Waals surface area contributed by atoms with Gasteiger partial charge in [0.15, 0.2) is 12.4 Å². The third-order valence-corrected chi connectivity index (χ3v) is 5.86. The summed E-state index contributed by atoms with van der Waals surface area (Å²) in [6.07, 6.45) is 0. The molecule has 1 N–H and O–H groups in total. The van der Waals surface area contributed by atoms with Crippen LogP contribution in [0.25, 0.3) is 5.69 Å². The number of rotatable bonds is 7. The molecule has 0 atom stereocenters. The van der Waals surface area contributed by atoms with E-state index in [-0.39, 0.29) is 16.9 Å². The van der Waals surface area contributed by atoms with Gasteiger partial charge < -0.3 is 10.1 Å². The van der Waals surface area contributed by atoms with Gasteiger partial charge in [-0.05, 0) is 37.6 Å². The first-order valence-corrected chi connectivity index (χ1v) is 11.3. The molecule has 4 rings (SSSR count). The molecule has 0 bridgehead atoms. The minimum atomic E-state index is -0.795. The number of aromatic nitrogens is 1. The summed E-state index contributed by atoms with van der Waals surface area (Å²) in [4.78, 5) is 38.5. The fourth-order valence-corrected chi connectivity index (χ4v) is 3.94. The molecule has 4 aromatic rings. The van der Waals surface area contributed by atoms with Crippen molar-refractivity contribution in [1.82, 2.24) is 4.57 Å². The molecular formula is C29H23N3O4. The van der Waals surface area contributed by atoms with Crippen molar-refractivity contribution in [2.75, 3.05) is 11.9 Å². The molecule has 0 spiro atoms. The molecular weight excluding hydrogens is 454 g/mol. The quantitative estimate of drug-likeness (QED) is 0.298. The Morgan fingerprint density at radius 1 is 0.861 bits per heavy atom. The second-order valence-electron chi connectivity index (χ2n) is 8.08. The van der Waals surface area contributed by atoms with Gasteiger partial charge in [0.05, 0.1) is 11.1 Å². The predicted molar refractivity (Wildman–Crippen MR) is 135 cm³/mol. The normalized spacial score (nSPS) is 10.4. The van der Waals surface area contributed by atoms with Gasteiger partial charge in [0.1, 0.15) is 11.9 Å². The van der Waals surface area contributed by atoms with Crippen LogP contribution in [0.5, 0.6) is 0 Å². The first-order valence-electron chi connectivity index (χ1n) is 11.3. The molecule has 0 saturated carbocycles. The van der Waals surface area contributed by atoms with Crippen LogP contribution in [0.2, 0.25) is 0 Å². The summed E-state index contributed by atoms with van der Waals surface area (Å²) in [7, 11) is 0. The SMILES string of the molecule is Cc1c(C#N)c(NC(=O)COC(=O)c2ccccc2C(=O)c2ccccc2)n(-c2ccccc2)c1C. The first-order chi connectivity index (χ1) is 17.4. The highest BCUT2D eigenvalue weighted by atomic mass is 16.5. The predicted octanol–water partition coefficient (Wildman–Crippen LogP) is 4.99. The third kappa shape index (κ3) is 4.79. The van der Waals surface area contributed by atoms with Crippen molar-refractivity contribution in [1.29, 1.82) is 5.26 Å². The minimum absolute atomic E-state index is 0.0659. The second kappa shape index (κ2) is 10.5. The molecule has 0 aliphatic heterocycles. The molecule has 1 aromatic heterocycles. The number of carbonyl (C=O) groups excluding carboxylic acids is 3. The van der Waals surface area contributed by atoms with Crippen molar-refractivity contribution >= 4 is 23.5 Å². The fraction of sp³-hybridized carbons (Fsp3) is 0.103. The second-order valence-corrected chi connectivity index (χ2v) is 8.08. The van der Waals surface area contributed by atoms with E-state index in [1.807, 2.05) is 44.2 Å². The minimum Gasteiger partial charge on any atom is -0.452 e. The maximum absolute atomic E-state index is 12.9. The summed E-state index contributed by atoms with van der Waals surface area (Å²) < 4.78 is 7.03. The van der Waals surface area contributed by atoms with Crippen LogP contribution >= 0.6 is 0 Å². The van der Waals surface area contributed by atoms with Crippen molar-refractivity contribution in [2.45, 2.75) is 13.8 Å². The summed E-state index contributed by atoms with van der Waals surface area (Å²) in [5.41, 5.74) is 3.34. The third-order valence-electron chi connectivity index (χ3n) is 5.86. The average Bonchev–Trinajstić information content (AvgIpc) is 3.15. The zero-order valence-electron chi connectivity index (χ0n) is 19.8. The van der Waals surface area contributed by atoms with Gasteiger partial charge in [-0.2, -0.15) is 5.26 Å². The van der Waals surface area contributed by atoms with Crippen LogP contribution in [0.4, 0.5) is 5.82 Å². The Morgan fingerprint density at radius 2 is 1.44 bits per heavy atom. The molecule has 1 heterocycles. The number of ketones is 1. The lowest BCUT2D eigenvalue weighted by atomic mass is 9.98. The van der Waals surface area contributed by atoms with Gasteiger partial charge in [-0.25, -0.2) is 4.79 Å². The van der Waals surface area contributed by atoms with Crippen LogP contribution in [-0.4, -0.2) is 28.8 Å². The number of hydrogen-bond donors (Lipinski definition) is 1. The summed E-state index contributed by atoms with van der Waals surface area (Å²) in [5, 5.41) is 12.4. The van der Waals surface area contributed by atoms with E-state index in [0.29, 0.717) is 16.9 Å². The molecule has 7 nitrogen and oxygen atoms in total. The molecule has 178 valence electrons. The molecule has 0 aliphatic carbocycles. The lowest BCUT2D eigenvalue weighted by Gasteiger charge is -2.13. The Balaban J connectivity index is 1.53. The van der Waals surface area contributed by atoms with E-state index in [1.165, 1.54) is 6.07 Å². The van der Waals surface area contributed by atoms with Crippen LogP contribution < -0.4 is 5.32 Å². The average molecular weight is 478 g/mol. The topological polar surface area (TPSA) is 101 Å². The smallest absolute Gasteiger partial charge is 0.339 e. The Kier molecular flexibility index (Phi) is 7.07. The number of hydrogen-bond acceptors (Lipinski definition) is 5. The molecule has 7 heteroatoms. The molecule has 0 fully saturated rings. The van der Waals surface area contributed by atoms with Crippen LogP contribution in [-0.2, 0) is 9.53 Å². The molecule has 0 radical (unpaired) electrons. The molecule has 3 aromatic carbocycles. The van der Waals surface area contributed by atoms with Crippen LogP contribution in [0.3, 0.4) is 0 Å². The van der Waals surface area contributed by atoms with E-state index < -0.39 is 18.5 Å². The van der Waals surface area contributed by atoms with Crippen molar-refractivity contribution in [2.24, 2.45) is 0 Å². The van der Waals surface area contributed by atoms with Crippen molar-refractivity contribution in [3.8, 4) is 11.8 Å². The summed E-state index contributed by atoms with van der Waals surface area (Å²) in [5.74, 6) is -1.42. The van der Waals surface area contributed by atoms with E-state index >= 15 is 0 Å². The van der Waals surface area contributed by atoms with Crippen molar-refractivity contribution in [3.63, 3.8) is 0 Å². The Hall–Kier alpha value is -4.96. The molecule has 1 amide bonds. The van der Waals surface area contributed by atoms with Gasteiger partial charge >= 0.3 is 5.97 Å². The number of nitrogens with one attached hydrogen (secondary N) is 1. The van der Waals surface area contributed by atoms with E-state index in [9.17, 15) is 19.6 Å². The monoisotopic (exact) mass is 477 g/mol. The number of esters is 1. The number of amides is 1. The highest BCUT2D eigenvalue weighted by Gasteiger charge is 2.23. The molecule has 36 heavy (non-hydrogen) atoms. The number of carbonyl (C=O) groups is 3. The standard InChI is InChI=1S/C29H23N3O4/c1-19-20(2)32(22-13-7-4-8-14-22)28(25(19)17-30)31-26(33)18-36-29(35)24-16-10-9-15-23(24)27(34)21-11-5-3-6-12-21/h3-16H,18H2,1-2H3,(H,31,33).